The number of fused-ring (bicyclic) bond motifs is 1. The molecule has 3 rings (SSSR count). The number of ether oxygens (including phenoxy) is 1. The van der Waals surface area contributed by atoms with Crippen molar-refractivity contribution >= 4 is 47.5 Å². The topological polar surface area (TPSA) is 71.5 Å². The summed E-state index contributed by atoms with van der Waals surface area (Å²) < 4.78 is 20.4. The number of pyridine rings is 1. The highest BCUT2D eigenvalue weighted by atomic mass is 35.5. The molecule has 1 unspecified atom stereocenters. The first-order chi connectivity index (χ1) is 11.7. The minimum absolute atomic E-state index is 0.192. The molecule has 1 aromatic heterocycles. The van der Waals surface area contributed by atoms with Crippen molar-refractivity contribution in [2.45, 2.75) is 19.9 Å². The second kappa shape index (κ2) is 6.52. The molecule has 0 fully saturated rings. The summed E-state index contributed by atoms with van der Waals surface area (Å²) in [6.07, 6.45) is 1.42. The van der Waals surface area contributed by atoms with Crippen LogP contribution in [0.2, 0.25) is 10.0 Å². The van der Waals surface area contributed by atoms with Crippen LogP contribution in [0.1, 0.15) is 13.8 Å². The lowest BCUT2D eigenvalue weighted by Gasteiger charge is -2.37. The molecule has 0 radical (unpaired) electrons. The molecule has 1 aliphatic rings. The summed E-state index contributed by atoms with van der Waals surface area (Å²) in [4.78, 5) is 16.3. The van der Waals surface area contributed by atoms with Gasteiger partial charge in [0, 0.05) is 18.9 Å². The number of nitrogens with one attached hydrogen (secondary N) is 1. The molecule has 9 heteroatoms. The van der Waals surface area contributed by atoms with E-state index >= 15 is 0 Å². The summed E-state index contributed by atoms with van der Waals surface area (Å²) in [5, 5.41) is 3.94. The van der Waals surface area contributed by atoms with Crippen LogP contribution in [0.25, 0.3) is 0 Å². The van der Waals surface area contributed by atoms with Gasteiger partial charge in [-0.25, -0.2) is 9.78 Å². The van der Waals surface area contributed by atoms with Gasteiger partial charge in [0.15, 0.2) is 0 Å². The number of amides is 2. The average molecular weight is 400 g/mol. The van der Waals surface area contributed by atoms with Gasteiger partial charge in [0.1, 0.15) is 10.8 Å². The van der Waals surface area contributed by atoms with Gasteiger partial charge in [-0.1, -0.05) is 23.2 Å². The highest BCUT2D eigenvalue weighted by Gasteiger charge is 2.40. The number of aromatic nitrogens is 1. The van der Waals surface area contributed by atoms with Crippen molar-refractivity contribution in [2.24, 2.45) is 0 Å². The van der Waals surface area contributed by atoms with Gasteiger partial charge in [-0.15, -0.1) is 0 Å². The largest absolute Gasteiger partial charge is 0.438 e. The van der Waals surface area contributed by atoms with E-state index in [-0.39, 0.29) is 23.0 Å². The Morgan fingerprint density at radius 3 is 2.64 bits per heavy atom. The van der Waals surface area contributed by atoms with Crippen LogP contribution in [-0.4, -0.2) is 28.4 Å². The predicted molar refractivity (Wildman–Crippen MR) is 99.9 cm³/mol. The van der Waals surface area contributed by atoms with Crippen molar-refractivity contribution in [2.75, 3.05) is 12.0 Å². The molecular formula is C16H16Cl2N3O3P. The smallest absolute Gasteiger partial charge is 0.327 e. The Kier molecular flexibility index (Phi) is 4.71. The number of benzene rings is 1. The van der Waals surface area contributed by atoms with E-state index in [2.05, 4.69) is 10.3 Å². The Bertz CT molecular complexity index is 904. The van der Waals surface area contributed by atoms with Crippen LogP contribution in [0.4, 0.5) is 10.5 Å². The fraction of sp³-hybridized carbons (Fsp3) is 0.250. The van der Waals surface area contributed by atoms with E-state index in [1.807, 2.05) is 13.8 Å². The summed E-state index contributed by atoms with van der Waals surface area (Å²) in [5.41, 5.74) is 0.509. The maximum absolute atomic E-state index is 13.3. The highest BCUT2D eigenvalue weighted by Crippen LogP contribution is 2.51. The second-order valence-electron chi connectivity index (χ2n) is 5.97. The zero-order valence-corrected chi connectivity index (χ0v) is 16.2. The number of rotatable bonds is 3. The van der Waals surface area contributed by atoms with Crippen molar-refractivity contribution < 1.29 is 14.1 Å². The zero-order valence-electron chi connectivity index (χ0n) is 13.8. The van der Waals surface area contributed by atoms with Crippen LogP contribution in [0.3, 0.4) is 0 Å². The van der Waals surface area contributed by atoms with E-state index in [1.165, 1.54) is 16.9 Å². The molecule has 0 spiro atoms. The zero-order chi connectivity index (χ0) is 18.4. The Morgan fingerprint density at radius 1 is 1.28 bits per heavy atom. The molecule has 1 atom stereocenters. The van der Waals surface area contributed by atoms with Crippen LogP contribution >= 0.6 is 30.5 Å². The van der Waals surface area contributed by atoms with Gasteiger partial charge in [-0.05, 0) is 38.1 Å². The quantitative estimate of drug-likeness (QED) is 0.739. The Balaban J connectivity index is 2.01. The number of carbonyl (C=O) groups is 1. The van der Waals surface area contributed by atoms with Gasteiger partial charge >= 0.3 is 6.03 Å². The van der Waals surface area contributed by atoms with Gasteiger partial charge < -0.3 is 10.1 Å². The maximum Gasteiger partial charge on any atom is 0.327 e. The Hall–Kier alpha value is -1.75. The molecule has 1 aromatic carbocycles. The molecule has 0 saturated carbocycles. The minimum atomic E-state index is -3.08. The molecule has 2 amide bonds. The van der Waals surface area contributed by atoms with Crippen LogP contribution in [0.15, 0.2) is 30.5 Å². The van der Waals surface area contributed by atoms with E-state index in [9.17, 15) is 9.36 Å². The Labute approximate surface area is 155 Å². The number of anilines is 1. The molecule has 1 N–H and O–H groups in total. The van der Waals surface area contributed by atoms with Crippen LogP contribution < -0.4 is 15.4 Å². The van der Waals surface area contributed by atoms with E-state index in [0.29, 0.717) is 21.8 Å². The fourth-order valence-electron chi connectivity index (χ4n) is 2.75. The molecule has 1 aliphatic heterocycles. The van der Waals surface area contributed by atoms with Crippen molar-refractivity contribution in [1.29, 1.82) is 0 Å². The third-order valence-corrected chi connectivity index (χ3v) is 6.96. The van der Waals surface area contributed by atoms with Gasteiger partial charge in [0.25, 0.3) is 0 Å². The van der Waals surface area contributed by atoms with Crippen molar-refractivity contribution in [3.63, 3.8) is 0 Å². The SMILES string of the molecule is CC(C)N1C(=O)Nc2ccc(Oc3ncc(Cl)cc3Cl)cc2P1(C)=O. The van der Waals surface area contributed by atoms with E-state index in [0.717, 1.165) is 0 Å². The van der Waals surface area contributed by atoms with Crippen LogP contribution in [-0.2, 0) is 4.57 Å². The van der Waals surface area contributed by atoms with Crippen LogP contribution in [0.5, 0.6) is 11.6 Å². The lowest BCUT2D eigenvalue weighted by molar-refractivity contribution is 0.229. The predicted octanol–water partition coefficient (Wildman–Crippen LogP) is 4.97. The van der Waals surface area contributed by atoms with Crippen molar-refractivity contribution in [3.8, 4) is 11.6 Å². The first-order valence-electron chi connectivity index (χ1n) is 7.52. The lowest BCUT2D eigenvalue weighted by Crippen LogP contribution is -2.44. The molecular weight excluding hydrogens is 384 g/mol. The molecule has 132 valence electrons. The van der Waals surface area contributed by atoms with Gasteiger partial charge in [0.05, 0.1) is 16.0 Å². The van der Waals surface area contributed by atoms with E-state index in [1.54, 1.807) is 24.9 Å². The standard InChI is InChI=1S/C16H16Cl2N3O3P/c1-9(2)21-16(22)20-13-5-4-11(7-14(13)25(21,3)23)24-15-12(18)6-10(17)8-19-15/h4-9H,1-3H3,(H,20,22). The highest BCUT2D eigenvalue weighted by molar-refractivity contribution is 7.69. The maximum atomic E-state index is 13.3. The molecule has 2 heterocycles. The van der Waals surface area contributed by atoms with E-state index < -0.39 is 7.29 Å². The summed E-state index contributed by atoms with van der Waals surface area (Å²) in [7, 11) is -3.08. The monoisotopic (exact) mass is 399 g/mol. The van der Waals surface area contributed by atoms with Gasteiger partial charge in [0.2, 0.25) is 13.2 Å². The molecule has 0 bridgehead atoms. The van der Waals surface area contributed by atoms with Gasteiger partial charge in [-0.3, -0.25) is 9.24 Å². The number of urea groups is 1. The number of hydrogen-bond acceptors (Lipinski definition) is 4. The summed E-state index contributed by atoms with van der Waals surface area (Å²) >= 11 is 11.9. The number of hydrogen-bond donors (Lipinski definition) is 1. The van der Waals surface area contributed by atoms with Gasteiger partial charge in [-0.2, -0.15) is 0 Å². The summed E-state index contributed by atoms with van der Waals surface area (Å²) in [5.74, 6) is 0.606. The number of carbonyl (C=O) groups excluding carboxylic acids is 1. The molecule has 25 heavy (non-hydrogen) atoms. The number of nitrogens with zero attached hydrogens (tertiary/aromatic N) is 2. The average Bonchev–Trinajstić information content (AvgIpc) is 2.49. The van der Waals surface area contributed by atoms with Crippen molar-refractivity contribution in [3.05, 3.63) is 40.5 Å². The molecule has 0 saturated heterocycles. The molecule has 2 aromatic rings. The summed E-state index contributed by atoms with van der Waals surface area (Å²) in [6.45, 7) is 5.21. The molecule has 6 nitrogen and oxygen atoms in total. The normalized spacial score (nSPS) is 19.6. The fourth-order valence-corrected chi connectivity index (χ4v) is 5.62. The first-order valence-corrected chi connectivity index (χ1v) is 10.4. The first kappa shape index (κ1) is 18.1. The molecule has 0 aliphatic carbocycles. The minimum Gasteiger partial charge on any atom is -0.438 e. The lowest BCUT2D eigenvalue weighted by atomic mass is 10.3. The number of halogens is 2. The van der Waals surface area contributed by atoms with Crippen LogP contribution in [0, 0.1) is 0 Å². The summed E-state index contributed by atoms with van der Waals surface area (Å²) in [6, 6.07) is 5.88. The third-order valence-electron chi connectivity index (χ3n) is 3.75. The van der Waals surface area contributed by atoms with Crippen molar-refractivity contribution in [1.82, 2.24) is 9.65 Å². The van der Waals surface area contributed by atoms with E-state index in [4.69, 9.17) is 27.9 Å². The third kappa shape index (κ3) is 3.34. The Morgan fingerprint density at radius 2 is 2.00 bits per heavy atom. The second-order valence-corrected chi connectivity index (χ2v) is 9.48.